The number of anilines is 3. The van der Waals surface area contributed by atoms with Gasteiger partial charge in [-0.05, 0) is 18.2 Å². The Morgan fingerprint density at radius 1 is 1.06 bits per heavy atom. The van der Waals surface area contributed by atoms with E-state index in [-0.39, 0.29) is 0 Å². The van der Waals surface area contributed by atoms with Crippen molar-refractivity contribution in [1.29, 1.82) is 0 Å². The van der Waals surface area contributed by atoms with Crippen molar-refractivity contribution in [3.63, 3.8) is 0 Å². The lowest BCUT2D eigenvalue weighted by Gasteiger charge is -1.91. The van der Waals surface area contributed by atoms with E-state index in [2.05, 4.69) is 20.3 Å². The van der Waals surface area contributed by atoms with Crippen molar-refractivity contribution in [1.82, 2.24) is 15.0 Å². The van der Waals surface area contributed by atoms with Crippen molar-refractivity contribution >= 4 is 17.3 Å². The largest absolute Gasteiger partial charge is 0.399 e. The second kappa shape index (κ2) is 6.18. The molecule has 1 aromatic carbocycles. The number of hydrogen-bond donors (Lipinski definition) is 3. The molecule has 6 nitrogen and oxygen atoms in total. The van der Waals surface area contributed by atoms with E-state index < -0.39 is 0 Å². The number of hydrogen-bond acceptors (Lipinski definition) is 6. The highest BCUT2D eigenvalue weighted by molar-refractivity contribution is 5.50. The molecule has 5 N–H and O–H groups in total. The molecule has 0 aliphatic carbocycles. The first-order chi connectivity index (χ1) is 7.72. The van der Waals surface area contributed by atoms with Gasteiger partial charge in [-0.1, -0.05) is 6.07 Å². The summed E-state index contributed by atoms with van der Waals surface area (Å²) in [4.78, 5) is 11.2. The molecule has 0 bridgehead atoms. The van der Waals surface area contributed by atoms with Gasteiger partial charge in [-0.25, -0.2) is 15.0 Å². The van der Waals surface area contributed by atoms with Crippen molar-refractivity contribution in [3.05, 3.63) is 36.9 Å². The number of nitrogens with one attached hydrogen (secondary N) is 1. The molecule has 1 heterocycles. The van der Waals surface area contributed by atoms with Gasteiger partial charge in [0.05, 0.1) is 0 Å². The molecule has 0 atom stereocenters. The third kappa shape index (κ3) is 4.23. The number of nitrogen functional groups attached to an aromatic ring is 2. The van der Waals surface area contributed by atoms with Crippen molar-refractivity contribution < 1.29 is 0 Å². The minimum Gasteiger partial charge on any atom is -0.399 e. The molecule has 0 saturated heterocycles. The Bertz CT molecular complexity index is 399. The van der Waals surface area contributed by atoms with Crippen molar-refractivity contribution in [2.45, 2.75) is 0 Å². The maximum atomic E-state index is 5.38. The Morgan fingerprint density at radius 3 is 1.94 bits per heavy atom. The summed E-state index contributed by atoms with van der Waals surface area (Å²) >= 11 is 0. The van der Waals surface area contributed by atoms with E-state index in [1.807, 2.05) is 6.07 Å². The molecule has 0 fully saturated rings. The summed E-state index contributed by atoms with van der Waals surface area (Å²) in [5.41, 5.74) is 12.2. The van der Waals surface area contributed by atoms with Crippen LogP contribution in [0.2, 0.25) is 0 Å². The van der Waals surface area contributed by atoms with E-state index >= 15 is 0 Å². The van der Waals surface area contributed by atoms with Gasteiger partial charge in [0.2, 0.25) is 5.95 Å². The van der Waals surface area contributed by atoms with Crippen LogP contribution in [0.3, 0.4) is 0 Å². The van der Waals surface area contributed by atoms with Crippen molar-refractivity contribution in [2.24, 2.45) is 0 Å². The highest BCUT2D eigenvalue weighted by atomic mass is 15.1. The number of benzene rings is 1. The predicted molar refractivity (Wildman–Crippen MR) is 64.6 cm³/mol. The normalized spacial score (nSPS) is 8.81. The van der Waals surface area contributed by atoms with Gasteiger partial charge in [0.15, 0.2) is 0 Å². The fourth-order valence-electron chi connectivity index (χ4n) is 0.927. The molecule has 0 spiro atoms. The van der Waals surface area contributed by atoms with Crippen LogP contribution in [0.4, 0.5) is 17.3 Å². The average Bonchev–Trinajstić information content (AvgIpc) is 2.31. The summed E-state index contributed by atoms with van der Waals surface area (Å²) in [5.74, 6) is 0.597. The highest BCUT2D eigenvalue weighted by Gasteiger charge is 1.82. The van der Waals surface area contributed by atoms with E-state index in [1.165, 1.54) is 12.7 Å². The lowest BCUT2D eigenvalue weighted by molar-refractivity contribution is 1.04. The van der Waals surface area contributed by atoms with Gasteiger partial charge >= 0.3 is 0 Å². The summed E-state index contributed by atoms with van der Waals surface area (Å²) in [6.07, 6.45) is 2.89. The molecular weight excluding hydrogens is 204 g/mol. The van der Waals surface area contributed by atoms with Crippen LogP contribution < -0.4 is 16.8 Å². The number of nitrogens with zero attached hydrogens (tertiary/aromatic N) is 3. The first-order valence-corrected chi connectivity index (χ1v) is 4.63. The summed E-state index contributed by atoms with van der Waals surface area (Å²) in [6.45, 7) is 0. The lowest BCUT2D eigenvalue weighted by atomic mass is 10.3. The van der Waals surface area contributed by atoms with Crippen LogP contribution >= 0.6 is 0 Å². The summed E-state index contributed by atoms with van der Waals surface area (Å²) < 4.78 is 0. The summed E-state index contributed by atoms with van der Waals surface area (Å²) in [5, 5.41) is 2.76. The zero-order chi connectivity index (χ0) is 11.8. The summed E-state index contributed by atoms with van der Waals surface area (Å²) in [7, 11) is 1.76. The Morgan fingerprint density at radius 2 is 1.62 bits per heavy atom. The van der Waals surface area contributed by atoms with Gasteiger partial charge in [-0.2, -0.15) is 0 Å². The number of aromatic nitrogens is 3. The smallest absolute Gasteiger partial charge is 0.225 e. The third-order valence-electron chi connectivity index (χ3n) is 1.63. The third-order valence-corrected chi connectivity index (χ3v) is 1.63. The first-order valence-electron chi connectivity index (χ1n) is 4.63. The van der Waals surface area contributed by atoms with Crippen LogP contribution in [-0.2, 0) is 0 Å². The zero-order valence-electron chi connectivity index (χ0n) is 8.96. The Kier molecular flexibility index (Phi) is 4.52. The van der Waals surface area contributed by atoms with E-state index in [4.69, 9.17) is 11.5 Å². The molecule has 0 aliphatic rings. The molecule has 2 rings (SSSR count). The molecule has 0 saturated carbocycles. The van der Waals surface area contributed by atoms with E-state index in [0.29, 0.717) is 17.3 Å². The van der Waals surface area contributed by atoms with Gasteiger partial charge in [-0.3, -0.25) is 0 Å². The van der Waals surface area contributed by atoms with E-state index in [0.717, 1.165) is 0 Å². The monoisotopic (exact) mass is 218 g/mol. The number of rotatable bonds is 1. The Balaban J connectivity index is 0.000000160. The van der Waals surface area contributed by atoms with Crippen LogP contribution in [0, 0.1) is 0 Å². The lowest BCUT2D eigenvalue weighted by Crippen LogP contribution is -1.94. The van der Waals surface area contributed by atoms with Crippen LogP contribution in [0.5, 0.6) is 0 Å². The van der Waals surface area contributed by atoms with Crippen molar-refractivity contribution in [3.8, 4) is 0 Å². The minimum atomic E-state index is 0.597. The molecule has 16 heavy (non-hydrogen) atoms. The second-order valence-electron chi connectivity index (χ2n) is 2.88. The molecule has 1 aromatic heterocycles. The van der Waals surface area contributed by atoms with Gasteiger partial charge in [-0.15, -0.1) is 0 Å². The van der Waals surface area contributed by atoms with Gasteiger partial charge in [0.25, 0.3) is 0 Å². The Hall–Kier alpha value is -2.37. The molecule has 0 radical (unpaired) electrons. The van der Waals surface area contributed by atoms with Crippen molar-refractivity contribution in [2.75, 3.05) is 23.8 Å². The van der Waals surface area contributed by atoms with Crippen LogP contribution in [0.1, 0.15) is 0 Å². The first kappa shape index (κ1) is 11.7. The molecule has 0 aliphatic heterocycles. The van der Waals surface area contributed by atoms with Crippen LogP contribution in [0.15, 0.2) is 36.9 Å². The maximum absolute atomic E-state index is 5.38. The molecule has 0 unspecified atom stereocenters. The van der Waals surface area contributed by atoms with E-state index in [9.17, 15) is 0 Å². The average molecular weight is 218 g/mol. The SMILES string of the molecule is CNc1ncncn1.Nc1cccc(N)c1. The molecule has 2 aromatic rings. The molecule has 84 valence electrons. The van der Waals surface area contributed by atoms with Gasteiger partial charge in [0.1, 0.15) is 12.7 Å². The second-order valence-corrected chi connectivity index (χ2v) is 2.88. The number of nitrogens with two attached hydrogens (primary N) is 2. The maximum Gasteiger partial charge on any atom is 0.225 e. The molecular formula is C10H14N6. The summed E-state index contributed by atoms with van der Waals surface area (Å²) in [6, 6.07) is 7.15. The fourth-order valence-corrected chi connectivity index (χ4v) is 0.927. The highest BCUT2D eigenvalue weighted by Crippen LogP contribution is 2.06. The quantitative estimate of drug-likeness (QED) is 0.611. The fraction of sp³-hybridized carbons (Fsp3) is 0.100. The zero-order valence-corrected chi connectivity index (χ0v) is 8.96. The minimum absolute atomic E-state index is 0.597. The molecule has 0 amide bonds. The van der Waals surface area contributed by atoms with E-state index in [1.54, 1.807) is 25.2 Å². The van der Waals surface area contributed by atoms with Gasteiger partial charge in [0, 0.05) is 18.4 Å². The Labute approximate surface area is 93.7 Å². The van der Waals surface area contributed by atoms with Crippen LogP contribution in [-0.4, -0.2) is 22.0 Å². The van der Waals surface area contributed by atoms with Gasteiger partial charge < -0.3 is 16.8 Å². The standard InChI is InChI=1S/C6H8N2.C4H6N4/c7-5-2-1-3-6(8)4-5;1-5-4-7-2-6-3-8-4/h1-4H,7-8H2;2-3H,1H3,(H,5,6,7,8). The van der Waals surface area contributed by atoms with Crippen LogP contribution in [0.25, 0.3) is 0 Å². The molecule has 6 heteroatoms. The topological polar surface area (TPSA) is 103 Å². The predicted octanol–water partition coefficient (Wildman–Crippen LogP) is 0.764.